The predicted octanol–water partition coefficient (Wildman–Crippen LogP) is 5.34. The van der Waals surface area contributed by atoms with Gasteiger partial charge in [0.1, 0.15) is 5.76 Å². The number of hydrogen-bond donors (Lipinski definition) is 2. The summed E-state index contributed by atoms with van der Waals surface area (Å²) in [5.74, 6) is 1.58. The molecule has 0 radical (unpaired) electrons. The first-order chi connectivity index (χ1) is 12.0. The van der Waals surface area contributed by atoms with Gasteiger partial charge in [-0.2, -0.15) is 0 Å². The molecule has 25 heavy (non-hydrogen) atoms. The summed E-state index contributed by atoms with van der Waals surface area (Å²) in [4.78, 5) is 10.6. The molecule has 0 aromatic rings. The largest absolute Gasteiger partial charge is 0.481 e. The summed E-state index contributed by atoms with van der Waals surface area (Å²) in [7, 11) is 0. The first kappa shape index (κ1) is 21.5. The predicted molar refractivity (Wildman–Crippen MR) is 101 cm³/mol. The fourth-order valence-corrected chi connectivity index (χ4v) is 2.88. The maximum absolute atomic E-state index is 10.6. The van der Waals surface area contributed by atoms with Crippen LogP contribution in [0.2, 0.25) is 0 Å². The van der Waals surface area contributed by atoms with Crippen LogP contribution in [0.25, 0.3) is 0 Å². The van der Waals surface area contributed by atoms with E-state index in [1.807, 2.05) is 12.2 Å². The van der Waals surface area contributed by atoms with Gasteiger partial charge in [-0.25, -0.2) is 0 Å². The third-order valence-electron chi connectivity index (χ3n) is 4.43. The lowest BCUT2D eigenvalue weighted by atomic mass is 9.98. The SMILES string of the molecule is CCCCC/C1=C/[C@H](O)/C=C\C/C=C(/CC[C@@H](C)CCCC(=O)O)O1. The van der Waals surface area contributed by atoms with Gasteiger partial charge in [-0.05, 0) is 43.8 Å². The van der Waals surface area contributed by atoms with E-state index in [0.717, 1.165) is 69.3 Å². The number of carbonyl (C=O) groups is 1. The molecule has 4 nitrogen and oxygen atoms in total. The highest BCUT2D eigenvalue weighted by Gasteiger charge is 2.11. The lowest BCUT2D eigenvalue weighted by molar-refractivity contribution is -0.137. The number of ether oxygens (including phenoxy) is 1. The Morgan fingerprint density at radius 1 is 1.24 bits per heavy atom. The van der Waals surface area contributed by atoms with E-state index in [1.54, 1.807) is 6.08 Å². The number of aliphatic carboxylic acids is 1. The summed E-state index contributed by atoms with van der Waals surface area (Å²) in [5.41, 5.74) is 0. The maximum Gasteiger partial charge on any atom is 0.303 e. The van der Waals surface area contributed by atoms with Crippen molar-refractivity contribution in [3.63, 3.8) is 0 Å². The minimum Gasteiger partial charge on any atom is -0.481 e. The Kier molecular flexibility index (Phi) is 11.0. The zero-order valence-electron chi connectivity index (χ0n) is 15.7. The standard InChI is InChI=1S/C21H34O4/c1-3-4-5-12-20-16-18(22)10-6-7-11-19(25-20)15-14-17(2)9-8-13-21(23)24/h6,10-11,16-18,22H,3-5,7-9,12-15H2,1-2H3,(H,23,24)/b10-6-,19-11-,20-16-/t17-,18+/m0/s1. The average Bonchev–Trinajstić information content (AvgIpc) is 2.63. The molecule has 0 aromatic heterocycles. The Labute approximate surface area is 152 Å². The van der Waals surface area contributed by atoms with Gasteiger partial charge < -0.3 is 14.9 Å². The van der Waals surface area contributed by atoms with Gasteiger partial charge in [0.15, 0.2) is 0 Å². The van der Waals surface area contributed by atoms with Crippen LogP contribution in [0.5, 0.6) is 0 Å². The van der Waals surface area contributed by atoms with Crippen LogP contribution in [-0.4, -0.2) is 22.3 Å². The molecule has 4 heteroatoms. The second-order valence-electron chi connectivity index (χ2n) is 6.95. The third-order valence-corrected chi connectivity index (χ3v) is 4.43. The van der Waals surface area contributed by atoms with E-state index in [9.17, 15) is 9.90 Å². The van der Waals surface area contributed by atoms with Crippen molar-refractivity contribution in [1.82, 2.24) is 0 Å². The molecule has 2 N–H and O–H groups in total. The first-order valence-corrected chi connectivity index (χ1v) is 9.65. The Balaban J connectivity index is 2.53. The smallest absolute Gasteiger partial charge is 0.303 e. The number of carboxylic acid groups (broad SMARTS) is 1. The quantitative estimate of drug-likeness (QED) is 0.390. The Morgan fingerprint density at radius 2 is 2.04 bits per heavy atom. The minimum atomic E-state index is -0.721. The van der Waals surface area contributed by atoms with E-state index in [1.165, 1.54) is 0 Å². The van der Waals surface area contributed by atoms with Gasteiger partial charge in [0.2, 0.25) is 0 Å². The van der Waals surface area contributed by atoms with E-state index in [0.29, 0.717) is 5.92 Å². The van der Waals surface area contributed by atoms with Crippen LogP contribution in [-0.2, 0) is 9.53 Å². The van der Waals surface area contributed by atoms with Crippen molar-refractivity contribution < 1.29 is 19.7 Å². The van der Waals surface area contributed by atoms with Gasteiger partial charge >= 0.3 is 5.97 Å². The molecule has 0 aliphatic carbocycles. The molecule has 0 amide bonds. The lowest BCUT2D eigenvalue weighted by Gasteiger charge is -2.16. The number of rotatable bonds is 11. The van der Waals surface area contributed by atoms with Crippen molar-refractivity contribution in [3.05, 3.63) is 35.8 Å². The summed E-state index contributed by atoms with van der Waals surface area (Å²) in [6.07, 6.45) is 15.8. The van der Waals surface area contributed by atoms with Crippen molar-refractivity contribution in [2.45, 2.75) is 84.2 Å². The second kappa shape index (κ2) is 12.8. The molecule has 142 valence electrons. The van der Waals surface area contributed by atoms with Crippen LogP contribution in [0.1, 0.15) is 78.1 Å². The van der Waals surface area contributed by atoms with Crippen molar-refractivity contribution in [3.8, 4) is 0 Å². The number of allylic oxidation sites excluding steroid dienone is 4. The topological polar surface area (TPSA) is 66.8 Å². The molecular formula is C21H34O4. The van der Waals surface area contributed by atoms with Crippen LogP contribution in [0.4, 0.5) is 0 Å². The van der Waals surface area contributed by atoms with E-state index in [2.05, 4.69) is 19.9 Å². The summed E-state index contributed by atoms with van der Waals surface area (Å²) < 4.78 is 6.11. The highest BCUT2D eigenvalue weighted by Crippen LogP contribution is 2.23. The number of unbranched alkanes of at least 4 members (excludes halogenated alkanes) is 2. The fraction of sp³-hybridized carbons (Fsp3) is 0.667. The fourth-order valence-electron chi connectivity index (χ4n) is 2.88. The van der Waals surface area contributed by atoms with Crippen LogP contribution in [0.15, 0.2) is 35.8 Å². The highest BCUT2D eigenvalue weighted by atomic mass is 16.5. The second-order valence-corrected chi connectivity index (χ2v) is 6.95. The Morgan fingerprint density at radius 3 is 2.76 bits per heavy atom. The molecular weight excluding hydrogens is 316 g/mol. The molecule has 0 spiro atoms. The Bertz CT molecular complexity index is 476. The average molecular weight is 350 g/mol. The van der Waals surface area contributed by atoms with Crippen molar-refractivity contribution in [1.29, 1.82) is 0 Å². The minimum absolute atomic E-state index is 0.247. The summed E-state index contributed by atoms with van der Waals surface area (Å²) >= 11 is 0. The van der Waals surface area contributed by atoms with E-state index in [4.69, 9.17) is 9.84 Å². The molecule has 2 atom stereocenters. The number of aliphatic hydroxyl groups is 1. The molecule has 1 heterocycles. The van der Waals surface area contributed by atoms with Gasteiger partial charge in [-0.3, -0.25) is 4.79 Å². The molecule has 0 fully saturated rings. The van der Waals surface area contributed by atoms with Gasteiger partial charge in [-0.15, -0.1) is 0 Å². The lowest BCUT2D eigenvalue weighted by Crippen LogP contribution is -2.03. The molecule has 1 aliphatic heterocycles. The van der Waals surface area contributed by atoms with Crippen LogP contribution < -0.4 is 0 Å². The molecule has 0 bridgehead atoms. The van der Waals surface area contributed by atoms with Gasteiger partial charge in [0.05, 0.1) is 11.9 Å². The summed E-state index contributed by atoms with van der Waals surface area (Å²) in [6, 6.07) is 0. The number of aliphatic hydroxyl groups excluding tert-OH is 1. The first-order valence-electron chi connectivity index (χ1n) is 9.65. The Hall–Kier alpha value is -1.55. The van der Waals surface area contributed by atoms with Gasteiger partial charge in [-0.1, -0.05) is 45.3 Å². The van der Waals surface area contributed by atoms with Crippen molar-refractivity contribution >= 4 is 5.97 Å². The molecule has 0 aromatic carbocycles. The van der Waals surface area contributed by atoms with Gasteiger partial charge in [0, 0.05) is 19.3 Å². The zero-order valence-corrected chi connectivity index (χ0v) is 15.7. The summed E-state index contributed by atoms with van der Waals surface area (Å²) in [5, 5.41) is 18.7. The van der Waals surface area contributed by atoms with Crippen LogP contribution in [0, 0.1) is 5.92 Å². The van der Waals surface area contributed by atoms with Crippen LogP contribution >= 0.6 is 0 Å². The molecule has 1 aliphatic rings. The van der Waals surface area contributed by atoms with Gasteiger partial charge in [0.25, 0.3) is 0 Å². The van der Waals surface area contributed by atoms with E-state index < -0.39 is 12.1 Å². The van der Waals surface area contributed by atoms with Crippen molar-refractivity contribution in [2.24, 2.45) is 5.92 Å². The molecule has 0 unspecified atom stereocenters. The normalized spacial score (nSPS) is 24.5. The molecule has 0 saturated carbocycles. The highest BCUT2D eigenvalue weighted by molar-refractivity contribution is 5.66. The maximum atomic E-state index is 10.6. The molecule has 1 rings (SSSR count). The third kappa shape index (κ3) is 10.8. The van der Waals surface area contributed by atoms with E-state index >= 15 is 0 Å². The monoisotopic (exact) mass is 350 g/mol. The van der Waals surface area contributed by atoms with Crippen LogP contribution in [0.3, 0.4) is 0 Å². The molecule has 0 saturated heterocycles. The van der Waals surface area contributed by atoms with Crippen molar-refractivity contribution in [2.75, 3.05) is 0 Å². The zero-order chi connectivity index (χ0) is 18.5. The number of carboxylic acids is 1. The van der Waals surface area contributed by atoms with E-state index in [-0.39, 0.29) is 6.42 Å². The number of hydrogen-bond acceptors (Lipinski definition) is 3. The summed E-state index contributed by atoms with van der Waals surface area (Å²) in [6.45, 7) is 4.34.